The third-order valence-electron chi connectivity index (χ3n) is 4.71. The molecular formula is C20H19BrN4O2. The number of H-pyrrole nitrogens is 1. The van der Waals surface area contributed by atoms with Gasteiger partial charge < -0.3 is 15.6 Å². The summed E-state index contributed by atoms with van der Waals surface area (Å²) in [5, 5.41) is 6.79. The van der Waals surface area contributed by atoms with Crippen LogP contribution in [-0.4, -0.2) is 30.0 Å². The molecule has 1 aliphatic rings. The summed E-state index contributed by atoms with van der Waals surface area (Å²) in [6.07, 6.45) is 0. The van der Waals surface area contributed by atoms with E-state index in [-0.39, 0.29) is 18.0 Å². The molecule has 7 heteroatoms. The SMILES string of the molecule is CC(NC(=O)c1cc2cc(Br)ccc2[nH]1)c1cccc(N2CCNC2=O)c1. The molecule has 1 unspecified atom stereocenters. The summed E-state index contributed by atoms with van der Waals surface area (Å²) in [5.41, 5.74) is 3.21. The largest absolute Gasteiger partial charge is 0.351 e. The summed E-state index contributed by atoms with van der Waals surface area (Å²) in [6.45, 7) is 3.22. The second-order valence-corrected chi connectivity index (χ2v) is 7.50. The van der Waals surface area contributed by atoms with Crippen LogP contribution in [-0.2, 0) is 0 Å². The molecule has 138 valence electrons. The minimum Gasteiger partial charge on any atom is -0.351 e. The minimum atomic E-state index is -0.193. The number of anilines is 1. The molecule has 1 saturated heterocycles. The van der Waals surface area contributed by atoms with Gasteiger partial charge in [0.15, 0.2) is 0 Å². The number of nitrogens with one attached hydrogen (secondary N) is 3. The molecule has 2 heterocycles. The second-order valence-electron chi connectivity index (χ2n) is 6.59. The van der Waals surface area contributed by atoms with Crippen molar-refractivity contribution in [3.05, 3.63) is 64.3 Å². The van der Waals surface area contributed by atoms with E-state index in [1.807, 2.05) is 55.5 Å². The van der Waals surface area contributed by atoms with E-state index in [1.165, 1.54) is 0 Å². The molecule has 3 N–H and O–H groups in total. The summed E-state index contributed by atoms with van der Waals surface area (Å²) >= 11 is 3.44. The van der Waals surface area contributed by atoms with Crippen LogP contribution in [0.1, 0.15) is 29.0 Å². The van der Waals surface area contributed by atoms with E-state index < -0.39 is 0 Å². The van der Waals surface area contributed by atoms with Crippen LogP contribution in [0.5, 0.6) is 0 Å². The van der Waals surface area contributed by atoms with E-state index in [0.717, 1.165) is 26.6 Å². The maximum Gasteiger partial charge on any atom is 0.321 e. The van der Waals surface area contributed by atoms with Crippen LogP contribution in [0.15, 0.2) is 53.0 Å². The summed E-state index contributed by atoms with van der Waals surface area (Å²) in [6, 6.07) is 15.1. The maximum absolute atomic E-state index is 12.6. The van der Waals surface area contributed by atoms with Gasteiger partial charge in [0.2, 0.25) is 0 Å². The van der Waals surface area contributed by atoms with Gasteiger partial charge in [-0.1, -0.05) is 28.1 Å². The molecule has 1 aliphatic heterocycles. The molecule has 27 heavy (non-hydrogen) atoms. The fourth-order valence-electron chi connectivity index (χ4n) is 3.26. The molecule has 0 radical (unpaired) electrons. The topological polar surface area (TPSA) is 77.2 Å². The van der Waals surface area contributed by atoms with Crippen molar-refractivity contribution in [1.82, 2.24) is 15.6 Å². The number of rotatable bonds is 4. The first kappa shape index (κ1) is 17.6. The summed E-state index contributed by atoms with van der Waals surface area (Å²) < 4.78 is 0.970. The number of benzene rings is 2. The predicted octanol–water partition coefficient (Wildman–Crippen LogP) is 3.95. The van der Waals surface area contributed by atoms with Gasteiger partial charge in [-0.15, -0.1) is 0 Å². The molecule has 3 aromatic rings. The van der Waals surface area contributed by atoms with E-state index in [1.54, 1.807) is 4.90 Å². The number of aromatic nitrogens is 1. The fourth-order valence-corrected chi connectivity index (χ4v) is 3.64. The number of hydrogen-bond donors (Lipinski definition) is 3. The van der Waals surface area contributed by atoms with Gasteiger partial charge in [0, 0.05) is 34.2 Å². The first-order valence-electron chi connectivity index (χ1n) is 8.76. The molecule has 1 fully saturated rings. The van der Waals surface area contributed by atoms with Gasteiger partial charge in [0.05, 0.1) is 6.04 Å². The Morgan fingerprint density at radius 2 is 2.07 bits per heavy atom. The number of nitrogens with zero attached hydrogens (tertiary/aromatic N) is 1. The number of amides is 3. The Labute approximate surface area is 165 Å². The molecule has 0 bridgehead atoms. The number of fused-ring (bicyclic) bond motifs is 1. The molecular weight excluding hydrogens is 408 g/mol. The van der Waals surface area contributed by atoms with Gasteiger partial charge in [-0.3, -0.25) is 9.69 Å². The molecule has 4 rings (SSSR count). The quantitative estimate of drug-likeness (QED) is 0.590. The monoisotopic (exact) mass is 426 g/mol. The number of aromatic amines is 1. The Bertz CT molecular complexity index is 1030. The average molecular weight is 427 g/mol. The molecule has 1 atom stereocenters. The van der Waals surface area contributed by atoms with Gasteiger partial charge in [0.25, 0.3) is 5.91 Å². The highest BCUT2D eigenvalue weighted by Crippen LogP contribution is 2.23. The van der Waals surface area contributed by atoms with Crippen molar-refractivity contribution < 1.29 is 9.59 Å². The molecule has 0 spiro atoms. The van der Waals surface area contributed by atoms with E-state index in [2.05, 4.69) is 31.5 Å². The number of carbonyl (C=O) groups excluding carboxylic acids is 2. The van der Waals surface area contributed by atoms with Crippen molar-refractivity contribution in [2.24, 2.45) is 0 Å². The summed E-state index contributed by atoms with van der Waals surface area (Å²) in [7, 11) is 0. The highest BCUT2D eigenvalue weighted by molar-refractivity contribution is 9.10. The maximum atomic E-state index is 12.6. The van der Waals surface area contributed by atoms with Gasteiger partial charge in [-0.25, -0.2) is 4.79 Å². The van der Waals surface area contributed by atoms with Gasteiger partial charge in [-0.2, -0.15) is 0 Å². The zero-order chi connectivity index (χ0) is 19.0. The van der Waals surface area contributed by atoms with Crippen LogP contribution >= 0.6 is 15.9 Å². The molecule has 0 saturated carbocycles. The first-order chi connectivity index (χ1) is 13.0. The van der Waals surface area contributed by atoms with Crippen molar-refractivity contribution in [3.8, 4) is 0 Å². The van der Waals surface area contributed by atoms with Crippen LogP contribution in [0.3, 0.4) is 0 Å². The number of hydrogen-bond acceptors (Lipinski definition) is 2. The zero-order valence-electron chi connectivity index (χ0n) is 14.8. The Kier molecular flexibility index (Phi) is 4.61. The number of urea groups is 1. The highest BCUT2D eigenvalue weighted by Gasteiger charge is 2.22. The second kappa shape index (κ2) is 7.08. The molecule has 1 aromatic heterocycles. The third kappa shape index (κ3) is 3.55. The van der Waals surface area contributed by atoms with Gasteiger partial charge >= 0.3 is 6.03 Å². The Morgan fingerprint density at radius 1 is 1.22 bits per heavy atom. The first-order valence-corrected chi connectivity index (χ1v) is 9.55. The Hall–Kier alpha value is -2.80. The van der Waals surface area contributed by atoms with Crippen LogP contribution in [0.25, 0.3) is 10.9 Å². The van der Waals surface area contributed by atoms with Crippen molar-refractivity contribution in [1.29, 1.82) is 0 Å². The van der Waals surface area contributed by atoms with Gasteiger partial charge in [-0.05, 0) is 48.9 Å². The standard InChI is InChI=1S/C20H19BrN4O2/c1-12(13-3-2-4-16(10-13)25-8-7-22-20(25)27)23-19(26)18-11-14-9-15(21)5-6-17(14)24-18/h2-6,9-12,24H,7-8H2,1H3,(H,22,27)(H,23,26). The molecule has 3 amide bonds. The molecule has 0 aliphatic carbocycles. The van der Waals surface area contributed by atoms with Crippen LogP contribution in [0.4, 0.5) is 10.5 Å². The van der Waals surface area contributed by atoms with E-state index >= 15 is 0 Å². The summed E-state index contributed by atoms with van der Waals surface area (Å²) in [4.78, 5) is 29.4. The average Bonchev–Trinajstić information content (AvgIpc) is 3.27. The van der Waals surface area contributed by atoms with E-state index in [4.69, 9.17) is 0 Å². The van der Waals surface area contributed by atoms with Crippen LogP contribution in [0, 0.1) is 0 Å². The number of carbonyl (C=O) groups is 2. The lowest BCUT2D eigenvalue weighted by molar-refractivity contribution is 0.0935. The molecule has 6 nitrogen and oxygen atoms in total. The van der Waals surface area contributed by atoms with Crippen LogP contribution in [0.2, 0.25) is 0 Å². The molecule has 2 aromatic carbocycles. The lowest BCUT2D eigenvalue weighted by Crippen LogP contribution is -2.29. The van der Waals surface area contributed by atoms with Crippen molar-refractivity contribution in [3.63, 3.8) is 0 Å². The van der Waals surface area contributed by atoms with Crippen molar-refractivity contribution in [2.75, 3.05) is 18.0 Å². The van der Waals surface area contributed by atoms with Crippen LogP contribution < -0.4 is 15.5 Å². The smallest absolute Gasteiger partial charge is 0.321 e. The normalized spacial score (nSPS) is 15.0. The van der Waals surface area contributed by atoms with Crippen molar-refractivity contribution in [2.45, 2.75) is 13.0 Å². The number of halogens is 1. The lowest BCUT2D eigenvalue weighted by Gasteiger charge is -2.18. The third-order valence-corrected chi connectivity index (χ3v) is 5.21. The highest BCUT2D eigenvalue weighted by atomic mass is 79.9. The lowest BCUT2D eigenvalue weighted by atomic mass is 10.1. The summed E-state index contributed by atoms with van der Waals surface area (Å²) in [5.74, 6) is -0.167. The minimum absolute atomic E-state index is 0.0897. The van der Waals surface area contributed by atoms with Gasteiger partial charge in [0.1, 0.15) is 5.69 Å². The fraction of sp³-hybridized carbons (Fsp3) is 0.200. The van der Waals surface area contributed by atoms with E-state index in [0.29, 0.717) is 18.8 Å². The van der Waals surface area contributed by atoms with E-state index in [9.17, 15) is 9.59 Å². The Balaban J connectivity index is 1.51. The zero-order valence-corrected chi connectivity index (χ0v) is 16.3. The van der Waals surface area contributed by atoms with Crippen molar-refractivity contribution >= 4 is 44.5 Å². The predicted molar refractivity (Wildman–Crippen MR) is 109 cm³/mol. The Morgan fingerprint density at radius 3 is 2.85 bits per heavy atom.